The molecule has 0 saturated carbocycles. The molecule has 0 atom stereocenters. The predicted molar refractivity (Wildman–Crippen MR) is 109 cm³/mol. The van der Waals surface area contributed by atoms with Crippen LogP contribution in [0.3, 0.4) is 0 Å². The molecule has 2 aromatic carbocycles. The number of amides is 2. The molecule has 3 rings (SSSR count). The zero-order chi connectivity index (χ0) is 20.1. The second-order valence-corrected chi connectivity index (χ2v) is 8.86. The molecule has 0 radical (unpaired) electrons. The molecule has 1 aliphatic rings. The molecule has 0 fully saturated rings. The number of anilines is 1. The van der Waals surface area contributed by atoms with Crippen LogP contribution in [-0.4, -0.2) is 40.4 Å². The monoisotopic (exact) mass is 399 g/mol. The van der Waals surface area contributed by atoms with Gasteiger partial charge in [0.2, 0.25) is 0 Å². The van der Waals surface area contributed by atoms with E-state index in [2.05, 4.69) is 0 Å². The third-order valence-electron chi connectivity index (χ3n) is 4.44. The van der Waals surface area contributed by atoms with Gasteiger partial charge in [-0.2, -0.15) is 0 Å². The first kappa shape index (κ1) is 20.4. The van der Waals surface area contributed by atoms with E-state index in [-0.39, 0.29) is 11.8 Å². The Morgan fingerprint density at radius 1 is 0.786 bits per heavy atom. The van der Waals surface area contributed by atoms with Crippen LogP contribution in [0.2, 0.25) is 0 Å². The lowest BCUT2D eigenvalue weighted by molar-refractivity contribution is 0.0814. The highest BCUT2D eigenvalue weighted by molar-refractivity contribution is 6.75. The minimum absolute atomic E-state index is 0.311. The molecule has 0 N–H and O–H groups in total. The van der Waals surface area contributed by atoms with Crippen molar-refractivity contribution in [1.29, 1.82) is 0 Å². The summed E-state index contributed by atoms with van der Waals surface area (Å²) in [5.41, 5.74) is 1.37. The van der Waals surface area contributed by atoms with Crippen LogP contribution in [0.4, 0.5) is 5.69 Å². The van der Waals surface area contributed by atoms with Gasteiger partial charge >= 0.3 is 8.80 Å². The second-order valence-electron chi connectivity index (χ2n) is 6.31. The van der Waals surface area contributed by atoms with Gasteiger partial charge in [-0.3, -0.25) is 9.59 Å². The third kappa shape index (κ3) is 3.66. The fourth-order valence-corrected chi connectivity index (χ4v) is 5.79. The molecule has 2 aromatic rings. The predicted octanol–water partition coefficient (Wildman–Crippen LogP) is 3.13. The van der Waals surface area contributed by atoms with E-state index >= 15 is 0 Å². The van der Waals surface area contributed by atoms with Crippen molar-refractivity contribution in [3.8, 4) is 0 Å². The van der Waals surface area contributed by atoms with Crippen molar-refractivity contribution in [1.82, 2.24) is 0 Å². The average Bonchev–Trinajstić information content (AvgIpc) is 2.97. The van der Waals surface area contributed by atoms with Gasteiger partial charge in [-0.05, 0) is 44.5 Å². The number of fused-ring (bicyclic) bond motifs is 1. The molecule has 0 saturated heterocycles. The lowest BCUT2D eigenvalue weighted by Gasteiger charge is -2.29. The molecule has 0 bridgehead atoms. The van der Waals surface area contributed by atoms with Crippen molar-refractivity contribution >= 4 is 31.5 Å². The van der Waals surface area contributed by atoms with Crippen molar-refractivity contribution < 1.29 is 22.9 Å². The van der Waals surface area contributed by atoms with Gasteiger partial charge in [0.25, 0.3) is 11.8 Å². The van der Waals surface area contributed by atoms with E-state index in [9.17, 15) is 9.59 Å². The summed E-state index contributed by atoms with van der Waals surface area (Å²) in [6.45, 7) is 7.31. The Bertz CT molecular complexity index is 811. The smallest absolute Gasteiger partial charge is 0.370 e. The lowest BCUT2D eigenvalue weighted by atomic mass is 10.1. The lowest BCUT2D eigenvalue weighted by Crippen LogP contribution is -2.57. The Morgan fingerprint density at radius 2 is 1.32 bits per heavy atom. The Hall–Kier alpha value is -2.32. The van der Waals surface area contributed by atoms with Gasteiger partial charge < -0.3 is 13.3 Å². The van der Waals surface area contributed by atoms with E-state index < -0.39 is 8.80 Å². The maximum Gasteiger partial charge on any atom is 0.537 e. The minimum Gasteiger partial charge on any atom is -0.370 e. The van der Waals surface area contributed by atoms with Gasteiger partial charge in [-0.15, -0.1) is 0 Å². The molecule has 0 spiro atoms. The summed E-state index contributed by atoms with van der Waals surface area (Å²) in [5, 5.41) is 0.810. The van der Waals surface area contributed by atoms with Crippen LogP contribution in [0.5, 0.6) is 0 Å². The van der Waals surface area contributed by atoms with Gasteiger partial charge in [0.05, 0.1) is 16.8 Å². The maximum atomic E-state index is 12.7. The molecule has 7 heteroatoms. The van der Waals surface area contributed by atoms with E-state index in [1.165, 1.54) is 4.90 Å². The van der Waals surface area contributed by atoms with Crippen LogP contribution < -0.4 is 10.1 Å². The molecular formula is C21H25NO5Si. The first-order valence-corrected chi connectivity index (χ1v) is 11.3. The fraction of sp³-hybridized carbons (Fsp3) is 0.333. The molecule has 2 amide bonds. The number of nitrogens with zero attached hydrogens (tertiary/aromatic N) is 1. The largest absolute Gasteiger partial charge is 0.537 e. The number of hydrogen-bond donors (Lipinski definition) is 0. The topological polar surface area (TPSA) is 65.1 Å². The van der Waals surface area contributed by atoms with Crippen LogP contribution in [0, 0.1) is 0 Å². The van der Waals surface area contributed by atoms with Crippen molar-refractivity contribution in [2.24, 2.45) is 0 Å². The summed E-state index contributed by atoms with van der Waals surface area (Å²) in [6.07, 6.45) is 0.849. The van der Waals surface area contributed by atoms with E-state index in [4.69, 9.17) is 13.3 Å². The van der Waals surface area contributed by atoms with Crippen LogP contribution in [0.1, 0.15) is 47.9 Å². The van der Waals surface area contributed by atoms with Crippen molar-refractivity contribution in [3.63, 3.8) is 0 Å². The molecule has 1 aliphatic heterocycles. The van der Waals surface area contributed by atoms with Crippen LogP contribution >= 0.6 is 0 Å². The Balaban J connectivity index is 1.92. The van der Waals surface area contributed by atoms with E-state index in [1.54, 1.807) is 36.4 Å². The standard InChI is InChI=1S/C21H25NO5Si/c1-4-15-27-28(25-5-2,26-6-3)17-13-11-16(12-14-17)22-20(23)18-9-7-8-10-19(18)21(22)24/h7-14H,4-6,15H2,1-3H3. The van der Waals surface area contributed by atoms with Crippen molar-refractivity contribution in [2.45, 2.75) is 27.2 Å². The Kier molecular flexibility index (Phi) is 6.41. The zero-order valence-electron chi connectivity index (χ0n) is 16.4. The first-order valence-electron chi connectivity index (χ1n) is 9.58. The van der Waals surface area contributed by atoms with Gasteiger partial charge in [-0.1, -0.05) is 31.2 Å². The van der Waals surface area contributed by atoms with E-state index in [0.717, 1.165) is 11.6 Å². The fourth-order valence-electron chi connectivity index (χ4n) is 3.23. The molecule has 0 aromatic heterocycles. The van der Waals surface area contributed by atoms with Gasteiger partial charge in [0.15, 0.2) is 0 Å². The molecule has 28 heavy (non-hydrogen) atoms. The van der Waals surface area contributed by atoms with Gasteiger partial charge in [0.1, 0.15) is 0 Å². The molecule has 6 nitrogen and oxygen atoms in total. The summed E-state index contributed by atoms with van der Waals surface area (Å²) >= 11 is 0. The minimum atomic E-state index is -3.04. The summed E-state index contributed by atoms with van der Waals surface area (Å²) in [4.78, 5) is 26.6. The molecule has 0 unspecified atom stereocenters. The number of rotatable bonds is 9. The molecule has 0 aliphatic carbocycles. The molecular weight excluding hydrogens is 374 g/mol. The highest BCUT2D eigenvalue weighted by atomic mass is 28.4. The maximum absolute atomic E-state index is 12.7. The SMILES string of the molecule is CCCO[Si](OCC)(OCC)c1ccc(N2C(=O)c3ccccc3C2=O)cc1. The molecule has 148 valence electrons. The number of carbonyl (C=O) groups excluding carboxylic acids is 2. The number of hydrogen-bond acceptors (Lipinski definition) is 5. The third-order valence-corrected chi connectivity index (χ3v) is 7.40. The van der Waals surface area contributed by atoms with Crippen LogP contribution in [0.25, 0.3) is 0 Å². The van der Waals surface area contributed by atoms with E-state index in [0.29, 0.717) is 36.6 Å². The number of benzene rings is 2. The van der Waals surface area contributed by atoms with Crippen molar-refractivity contribution in [2.75, 3.05) is 24.7 Å². The van der Waals surface area contributed by atoms with E-state index in [1.807, 2.05) is 32.9 Å². The normalized spacial score (nSPS) is 13.9. The Morgan fingerprint density at radius 3 is 1.79 bits per heavy atom. The van der Waals surface area contributed by atoms with Crippen LogP contribution in [-0.2, 0) is 13.3 Å². The first-order chi connectivity index (χ1) is 13.6. The quantitative estimate of drug-likeness (QED) is 0.479. The zero-order valence-corrected chi connectivity index (χ0v) is 17.4. The highest BCUT2D eigenvalue weighted by Crippen LogP contribution is 2.28. The van der Waals surface area contributed by atoms with Crippen molar-refractivity contribution in [3.05, 3.63) is 59.7 Å². The number of carbonyl (C=O) groups is 2. The van der Waals surface area contributed by atoms with Crippen LogP contribution in [0.15, 0.2) is 48.5 Å². The summed E-state index contributed by atoms with van der Waals surface area (Å²) < 4.78 is 18.0. The highest BCUT2D eigenvalue weighted by Gasteiger charge is 2.44. The number of imide groups is 1. The second kappa shape index (κ2) is 8.79. The molecule has 1 heterocycles. The summed E-state index contributed by atoms with van der Waals surface area (Å²) in [7, 11) is -3.04. The Labute approximate surface area is 166 Å². The van der Waals surface area contributed by atoms with Gasteiger partial charge in [0, 0.05) is 25.0 Å². The summed E-state index contributed by atoms with van der Waals surface area (Å²) in [6, 6.07) is 14.0. The average molecular weight is 400 g/mol. The summed E-state index contributed by atoms with van der Waals surface area (Å²) in [5.74, 6) is -0.623. The van der Waals surface area contributed by atoms with Gasteiger partial charge in [-0.25, -0.2) is 4.90 Å².